The number of amides is 2. The molecule has 8 heteroatoms. The number of piperidine rings is 1. The Morgan fingerprint density at radius 2 is 2.24 bits per heavy atom. The monoisotopic (exact) mass is 342 g/mol. The zero-order valence-electron chi connectivity index (χ0n) is 14.2. The second-order valence-corrected chi connectivity index (χ2v) is 6.27. The third-order valence-electron chi connectivity index (χ3n) is 4.38. The first-order valence-electron chi connectivity index (χ1n) is 8.47. The van der Waals surface area contributed by atoms with Crippen LogP contribution in [0.15, 0.2) is 24.8 Å². The van der Waals surface area contributed by atoms with E-state index in [1.807, 2.05) is 4.90 Å². The van der Waals surface area contributed by atoms with Gasteiger partial charge in [-0.25, -0.2) is 0 Å². The Balaban J connectivity index is 1.57. The molecule has 1 saturated heterocycles. The number of carbonyl (C=O) groups excluding carboxylic acids is 2. The number of anilines is 1. The zero-order chi connectivity index (χ0) is 17.6. The van der Waals surface area contributed by atoms with Gasteiger partial charge in [-0.15, -0.1) is 0 Å². The molecule has 8 nitrogen and oxygen atoms in total. The van der Waals surface area contributed by atoms with Gasteiger partial charge < -0.3 is 10.2 Å². The van der Waals surface area contributed by atoms with Gasteiger partial charge in [-0.3, -0.25) is 24.7 Å². The lowest BCUT2D eigenvalue weighted by Gasteiger charge is -2.31. The van der Waals surface area contributed by atoms with Crippen LogP contribution >= 0.6 is 0 Å². The maximum atomic E-state index is 11.9. The molecule has 0 spiro atoms. The Morgan fingerprint density at radius 1 is 1.36 bits per heavy atom. The van der Waals surface area contributed by atoms with Crippen LogP contribution in [0.4, 0.5) is 5.69 Å². The molecule has 2 aromatic heterocycles. The van der Waals surface area contributed by atoms with Crippen LogP contribution in [-0.2, 0) is 16.0 Å². The number of nitrogens with one attached hydrogen (secondary N) is 2. The molecule has 0 saturated carbocycles. The first kappa shape index (κ1) is 17.1. The highest BCUT2D eigenvalue weighted by molar-refractivity contribution is 5.90. The Labute approximate surface area is 146 Å². The SMILES string of the molecule is CC(=O)N1CCCC(c2cncc(CCC(=O)Nc3cn[nH]c3)n2)C1. The first-order chi connectivity index (χ1) is 12.1. The standard InChI is InChI=1S/C17H22N6O2/c1-12(24)23-6-2-3-13(11-23)16-10-18-7-14(21-16)4-5-17(25)22-15-8-19-20-9-15/h7-10,13H,2-6,11H2,1H3,(H,19,20)(H,22,25). The largest absolute Gasteiger partial charge is 0.342 e. The van der Waals surface area contributed by atoms with Crippen LogP contribution < -0.4 is 5.32 Å². The number of rotatable bonds is 5. The molecule has 0 bridgehead atoms. The molecule has 0 radical (unpaired) electrons. The normalized spacial score (nSPS) is 17.3. The van der Waals surface area contributed by atoms with Gasteiger partial charge in [0.15, 0.2) is 0 Å². The summed E-state index contributed by atoms with van der Waals surface area (Å²) in [6.07, 6.45) is 9.47. The summed E-state index contributed by atoms with van der Waals surface area (Å²) in [5.41, 5.74) is 2.34. The van der Waals surface area contributed by atoms with Crippen LogP contribution in [-0.4, -0.2) is 50.0 Å². The van der Waals surface area contributed by atoms with Crippen molar-refractivity contribution in [1.82, 2.24) is 25.1 Å². The molecule has 1 fully saturated rings. The van der Waals surface area contributed by atoms with Crippen molar-refractivity contribution in [3.8, 4) is 0 Å². The van der Waals surface area contributed by atoms with Crippen molar-refractivity contribution in [2.75, 3.05) is 18.4 Å². The van der Waals surface area contributed by atoms with Crippen molar-refractivity contribution < 1.29 is 9.59 Å². The predicted octanol–water partition coefficient (Wildman–Crippen LogP) is 1.50. The van der Waals surface area contributed by atoms with Crippen LogP contribution in [0, 0.1) is 0 Å². The predicted molar refractivity (Wildman–Crippen MR) is 91.8 cm³/mol. The third kappa shape index (κ3) is 4.62. The fourth-order valence-electron chi connectivity index (χ4n) is 3.03. The quantitative estimate of drug-likeness (QED) is 0.857. The number of aromatic amines is 1. The number of hydrogen-bond donors (Lipinski definition) is 2. The van der Waals surface area contributed by atoms with Gasteiger partial charge in [0.2, 0.25) is 11.8 Å². The molecule has 25 heavy (non-hydrogen) atoms. The minimum Gasteiger partial charge on any atom is -0.342 e. The minimum atomic E-state index is -0.0889. The number of aryl methyl sites for hydroxylation is 1. The molecule has 1 atom stereocenters. The fourth-order valence-corrected chi connectivity index (χ4v) is 3.03. The lowest BCUT2D eigenvalue weighted by molar-refractivity contribution is -0.130. The van der Waals surface area contributed by atoms with Crippen molar-refractivity contribution >= 4 is 17.5 Å². The van der Waals surface area contributed by atoms with Crippen molar-refractivity contribution in [2.45, 2.75) is 38.5 Å². The summed E-state index contributed by atoms with van der Waals surface area (Å²) in [7, 11) is 0. The van der Waals surface area contributed by atoms with Gasteiger partial charge in [0.25, 0.3) is 0 Å². The molecule has 2 aromatic rings. The summed E-state index contributed by atoms with van der Waals surface area (Å²) in [6.45, 7) is 3.10. The number of likely N-dealkylation sites (tertiary alicyclic amines) is 1. The maximum Gasteiger partial charge on any atom is 0.224 e. The Kier molecular flexibility index (Phi) is 5.37. The number of carbonyl (C=O) groups is 2. The Morgan fingerprint density at radius 3 is 3.00 bits per heavy atom. The summed E-state index contributed by atoms with van der Waals surface area (Å²) < 4.78 is 0. The van der Waals surface area contributed by atoms with E-state index in [1.165, 1.54) is 0 Å². The van der Waals surface area contributed by atoms with Gasteiger partial charge in [0, 0.05) is 50.9 Å². The molecule has 0 aromatic carbocycles. The van der Waals surface area contributed by atoms with Crippen LogP contribution in [0.3, 0.4) is 0 Å². The first-order valence-corrected chi connectivity index (χ1v) is 8.47. The van der Waals surface area contributed by atoms with E-state index in [9.17, 15) is 9.59 Å². The smallest absolute Gasteiger partial charge is 0.224 e. The van der Waals surface area contributed by atoms with E-state index in [0.29, 0.717) is 25.1 Å². The fraction of sp³-hybridized carbons (Fsp3) is 0.471. The van der Waals surface area contributed by atoms with E-state index in [-0.39, 0.29) is 17.7 Å². The molecule has 2 amide bonds. The molecular weight excluding hydrogens is 320 g/mol. The molecule has 132 valence electrons. The maximum absolute atomic E-state index is 11.9. The van der Waals surface area contributed by atoms with Crippen LogP contribution in [0.2, 0.25) is 0 Å². The molecule has 3 heterocycles. The molecule has 1 aliphatic rings. The number of aromatic nitrogens is 4. The highest BCUT2D eigenvalue weighted by Crippen LogP contribution is 2.25. The highest BCUT2D eigenvalue weighted by atomic mass is 16.2. The molecular formula is C17H22N6O2. The van der Waals surface area contributed by atoms with Gasteiger partial charge in [-0.1, -0.05) is 0 Å². The van der Waals surface area contributed by atoms with Crippen LogP contribution in [0.5, 0.6) is 0 Å². The average molecular weight is 342 g/mol. The van der Waals surface area contributed by atoms with Crippen molar-refractivity contribution in [3.05, 3.63) is 36.2 Å². The van der Waals surface area contributed by atoms with E-state index in [2.05, 4.69) is 25.5 Å². The summed E-state index contributed by atoms with van der Waals surface area (Å²) in [5, 5.41) is 9.20. The van der Waals surface area contributed by atoms with Crippen LogP contribution in [0.25, 0.3) is 0 Å². The van der Waals surface area contributed by atoms with Gasteiger partial charge >= 0.3 is 0 Å². The van der Waals surface area contributed by atoms with Gasteiger partial charge in [0.1, 0.15) is 0 Å². The molecule has 2 N–H and O–H groups in total. The van der Waals surface area contributed by atoms with Crippen molar-refractivity contribution in [2.24, 2.45) is 0 Å². The molecule has 0 aliphatic carbocycles. The topological polar surface area (TPSA) is 104 Å². The molecule has 3 rings (SSSR count). The second-order valence-electron chi connectivity index (χ2n) is 6.27. The third-order valence-corrected chi connectivity index (χ3v) is 4.38. The van der Waals surface area contributed by atoms with E-state index >= 15 is 0 Å². The molecule has 1 unspecified atom stereocenters. The second kappa shape index (κ2) is 7.87. The summed E-state index contributed by atoms with van der Waals surface area (Å²) in [6, 6.07) is 0. The Bertz CT molecular complexity index is 730. The zero-order valence-corrected chi connectivity index (χ0v) is 14.2. The van der Waals surface area contributed by atoms with Gasteiger partial charge in [0.05, 0.1) is 23.3 Å². The average Bonchev–Trinajstić information content (AvgIpc) is 3.13. The lowest BCUT2D eigenvalue weighted by Crippen LogP contribution is -2.37. The summed E-state index contributed by atoms with van der Waals surface area (Å²) in [5.74, 6) is 0.226. The molecule has 1 aliphatic heterocycles. The van der Waals surface area contributed by atoms with E-state index in [0.717, 1.165) is 30.8 Å². The Hall–Kier alpha value is -2.77. The number of H-pyrrole nitrogens is 1. The van der Waals surface area contributed by atoms with Crippen molar-refractivity contribution in [1.29, 1.82) is 0 Å². The summed E-state index contributed by atoms with van der Waals surface area (Å²) in [4.78, 5) is 34.3. The number of hydrogen-bond acceptors (Lipinski definition) is 5. The van der Waals surface area contributed by atoms with E-state index in [4.69, 9.17) is 0 Å². The van der Waals surface area contributed by atoms with E-state index < -0.39 is 0 Å². The summed E-state index contributed by atoms with van der Waals surface area (Å²) >= 11 is 0. The van der Waals surface area contributed by atoms with E-state index in [1.54, 1.807) is 31.7 Å². The van der Waals surface area contributed by atoms with Crippen LogP contribution in [0.1, 0.15) is 43.5 Å². The highest BCUT2D eigenvalue weighted by Gasteiger charge is 2.24. The van der Waals surface area contributed by atoms with Gasteiger partial charge in [-0.2, -0.15) is 5.10 Å². The van der Waals surface area contributed by atoms with Crippen molar-refractivity contribution in [3.63, 3.8) is 0 Å². The minimum absolute atomic E-state index is 0.0889. The number of nitrogens with zero attached hydrogens (tertiary/aromatic N) is 4. The lowest BCUT2D eigenvalue weighted by atomic mass is 9.95. The van der Waals surface area contributed by atoms with Gasteiger partial charge in [-0.05, 0) is 19.3 Å².